The average Bonchev–Trinajstić information content (AvgIpc) is 2.69. The summed E-state index contributed by atoms with van der Waals surface area (Å²) in [5, 5.41) is 5.23. The van der Waals surface area contributed by atoms with Crippen molar-refractivity contribution in [3.63, 3.8) is 0 Å². The molecule has 0 bridgehead atoms. The van der Waals surface area contributed by atoms with Crippen LogP contribution in [-0.2, 0) is 11.8 Å². The highest BCUT2D eigenvalue weighted by molar-refractivity contribution is 7.99. The maximum Gasteiger partial charge on any atom is 0.339 e. The Morgan fingerprint density at radius 2 is 2.16 bits per heavy atom. The topological polar surface area (TPSA) is 70.1 Å². The van der Waals surface area contributed by atoms with Crippen LogP contribution in [0.3, 0.4) is 0 Å². The number of rotatable bonds is 3. The third-order valence-corrected chi connectivity index (χ3v) is 3.75. The van der Waals surface area contributed by atoms with Gasteiger partial charge < -0.3 is 10.5 Å². The van der Waals surface area contributed by atoms with E-state index in [4.69, 9.17) is 10.5 Å². The van der Waals surface area contributed by atoms with E-state index < -0.39 is 5.97 Å². The Morgan fingerprint density at radius 3 is 2.74 bits per heavy atom. The maximum absolute atomic E-state index is 11.8. The van der Waals surface area contributed by atoms with Crippen molar-refractivity contribution >= 4 is 23.4 Å². The number of nitrogens with two attached hydrogens (primary N) is 1. The zero-order valence-electron chi connectivity index (χ0n) is 11.0. The number of hydrogen-bond acceptors (Lipinski definition) is 5. The first kappa shape index (κ1) is 13.5. The monoisotopic (exact) mass is 277 g/mol. The van der Waals surface area contributed by atoms with Crippen LogP contribution < -0.4 is 5.73 Å². The fourth-order valence-electron chi connectivity index (χ4n) is 1.70. The van der Waals surface area contributed by atoms with Crippen molar-refractivity contribution in [2.75, 3.05) is 12.8 Å². The third kappa shape index (κ3) is 2.90. The van der Waals surface area contributed by atoms with E-state index in [9.17, 15) is 4.79 Å². The van der Waals surface area contributed by atoms with Crippen molar-refractivity contribution in [3.8, 4) is 0 Å². The van der Waals surface area contributed by atoms with Gasteiger partial charge >= 0.3 is 5.97 Å². The van der Waals surface area contributed by atoms with Gasteiger partial charge in [-0.2, -0.15) is 5.10 Å². The summed E-state index contributed by atoms with van der Waals surface area (Å²) >= 11 is 1.46. The van der Waals surface area contributed by atoms with Crippen molar-refractivity contribution < 1.29 is 9.53 Å². The minimum atomic E-state index is -0.395. The molecule has 0 atom stereocenters. The Morgan fingerprint density at radius 1 is 1.42 bits per heavy atom. The fraction of sp³-hybridized carbons (Fsp3) is 0.231. The summed E-state index contributed by atoms with van der Waals surface area (Å²) in [7, 11) is 3.22. The van der Waals surface area contributed by atoms with Crippen molar-refractivity contribution in [2.45, 2.75) is 16.8 Å². The number of carbonyl (C=O) groups is 1. The number of nitrogens with zero attached hydrogens (tertiary/aromatic N) is 2. The van der Waals surface area contributed by atoms with Crippen LogP contribution in [0.2, 0.25) is 0 Å². The van der Waals surface area contributed by atoms with E-state index in [1.165, 1.54) is 18.9 Å². The molecule has 0 amide bonds. The number of aryl methyl sites for hydroxylation is 2. The summed E-state index contributed by atoms with van der Waals surface area (Å²) in [6.45, 7) is 1.92. The highest BCUT2D eigenvalue weighted by Gasteiger charge is 2.15. The summed E-state index contributed by atoms with van der Waals surface area (Å²) in [4.78, 5) is 12.5. The molecule has 0 fully saturated rings. The van der Waals surface area contributed by atoms with Gasteiger partial charge in [0, 0.05) is 17.6 Å². The largest absolute Gasteiger partial charge is 0.465 e. The van der Waals surface area contributed by atoms with Crippen LogP contribution in [0, 0.1) is 6.92 Å². The lowest BCUT2D eigenvalue weighted by Crippen LogP contribution is -2.04. The van der Waals surface area contributed by atoms with Crippen molar-refractivity contribution in [1.29, 1.82) is 0 Å². The minimum absolute atomic E-state index is 0.395. The first-order valence-electron chi connectivity index (χ1n) is 5.67. The number of methoxy groups -OCH3 is 1. The first-order chi connectivity index (χ1) is 9.01. The lowest BCUT2D eigenvalue weighted by Gasteiger charge is -2.08. The number of benzene rings is 1. The van der Waals surface area contributed by atoms with Crippen molar-refractivity contribution in [2.24, 2.45) is 7.05 Å². The summed E-state index contributed by atoms with van der Waals surface area (Å²) in [5.74, 6) is -0.395. The molecule has 0 aliphatic heterocycles. The van der Waals surface area contributed by atoms with Gasteiger partial charge in [-0.25, -0.2) is 4.79 Å². The molecule has 0 saturated heterocycles. The molecule has 5 nitrogen and oxygen atoms in total. The van der Waals surface area contributed by atoms with E-state index in [2.05, 4.69) is 5.10 Å². The SMILES string of the molecule is COC(=O)c1cc(N)ccc1Sc1cc(C)nn1C. The number of aromatic nitrogens is 2. The van der Waals surface area contributed by atoms with Crippen LogP contribution in [-0.4, -0.2) is 22.9 Å². The molecular formula is C13H15N3O2S. The second-order valence-electron chi connectivity index (χ2n) is 4.10. The van der Waals surface area contributed by atoms with Gasteiger partial charge in [0.1, 0.15) is 0 Å². The Balaban J connectivity index is 2.39. The van der Waals surface area contributed by atoms with E-state index in [-0.39, 0.29) is 0 Å². The van der Waals surface area contributed by atoms with Crippen molar-refractivity contribution in [3.05, 3.63) is 35.5 Å². The van der Waals surface area contributed by atoms with Crippen LogP contribution in [0.25, 0.3) is 0 Å². The number of nitrogen functional groups attached to an aromatic ring is 1. The molecule has 0 aliphatic rings. The van der Waals surface area contributed by atoms with E-state index in [0.29, 0.717) is 11.3 Å². The van der Waals surface area contributed by atoms with Crippen LogP contribution in [0.5, 0.6) is 0 Å². The van der Waals surface area contributed by atoms with Crippen LogP contribution in [0.15, 0.2) is 34.2 Å². The van der Waals surface area contributed by atoms with Crippen LogP contribution in [0.4, 0.5) is 5.69 Å². The lowest BCUT2D eigenvalue weighted by atomic mass is 10.2. The summed E-state index contributed by atoms with van der Waals surface area (Å²) in [6, 6.07) is 7.16. The predicted molar refractivity (Wildman–Crippen MR) is 74.3 cm³/mol. The van der Waals surface area contributed by atoms with Crippen molar-refractivity contribution in [1.82, 2.24) is 9.78 Å². The summed E-state index contributed by atoms with van der Waals surface area (Å²) < 4.78 is 6.55. The highest BCUT2D eigenvalue weighted by atomic mass is 32.2. The molecule has 1 aromatic heterocycles. The van der Waals surface area contributed by atoms with Gasteiger partial charge in [-0.3, -0.25) is 4.68 Å². The molecule has 6 heteroatoms. The fourth-order valence-corrected chi connectivity index (χ4v) is 2.72. The summed E-state index contributed by atoms with van der Waals surface area (Å²) in [5.41, 5.74) is 7.64. The lowest BCUT2D eigenvalue weighted by molar-refractivity contribution is 0.0597. The minimum Gasteiger partial charge on any atom is -0.465 e. The molecule has 2 rings (SSSR count). The molecule has 100 valence electrons. The molecular weight excluding hydrogens is 262 g/mol. The first-order valence-corrected chi connectivity index (χ1v) is 6.49. The van der Waals surface area contributed by atoms with Gasteiger partial charge in [0.05, 0.1) is 23.4 Å². The molecule has 0 spiro atoms. The van der Waals surface area contributed by atoms with E-state index in [1.54, 1.807) is 16.8 Å². The van der Waals surface area contributed by atoms with Gasteiger partial charge in [0.25, 0.3) is 0 Å². The molecule has 1 aromatic carbocycles. The van der Waals surface area contributed by atoms with Gasteiger partial charge in [-0.15, -0.1) is 0 Å². The van der Waals surface area contributed by atoms with Gasteiger partial charge in [-0.05, 0) is 31.2 Å². The molecule has 1 heterocycles. The number of carbonyl (C=O) groups excluding carboxylic acids is 1. The third-order valence-electron chi connectivity index (χ3n) is 2.58. The van der Waals surface area contributed by atoms with Gasteiger partial charge in [-0.1, -0.05) is 11.8 Å². The molecule has 0 unspecified atom stereocenters. The van der Waals surface area contributed by atoms with Gasteiger partial charge in [0.2, 0.25) is 0 Å². The molecule has 2 N–H and O–H groups in total. The number of hydrogen-bond donors (Lipinski definition) is 1. The molecule has 0 aliphatic carbocycles. The second-order valence-corrected chi connectivity index (χ2v) is 5.16. The Bertz CT molecular complexity index is 622. The zero-order chi connectivity index (χ0) is 14.0. The van der Waals surface area contributed by atoms with Gasteiger partial charge in [0.15, 0.2) is 0 Å². The van der Waals surface area contributed by atoms with Crippen LogP contribution >= 0.6 is 11.8 Å². The smallest absolute Gasteiger partial charge is 0.339 e. The Kier molecular flexibility index (Phi) is 3.80. The number of esters is 1. The Labute approximate surface area is 115 Å². The summed E-state index contributed by atoms with van der Waals surface area (Å²) in [6.07, 6.45) is 0. The highest BCUT2D eigenvalue weighted by Crippen LogP contribution is 2.32. The molecule has 2 aromatic rings. The quantitative estimate of drug-likeness (QED) is 0.688. The van der Waals surface area contributed by atoms with E-state index >= 15 is 0 Å². The number of anilines is 1. The maximum atomic E-state index is 11.8. The average molecular weight is 277 g/mol. The number of ether oxygens (including phenoxy) is 1. The second kappa shape index (κ2) is 5.36. The van der Waals surface area contributed by atoms with E-state index in [0.717, 1.165) is 15.6 Å². The molecule has 0 radical (unpaired) electrons. The molecule has 0 saturated carbocycles. The molecule has 19 heavy (non-hydrogen) atoms. The predicted octanol–water partition coefficient (Wildman–Crippen LogP) is 2.25. The van der Waals surface area contributed by atoms with E-state index in [1.807, 2.05) is 26.1 Å². The Hall–Kier alpha value is -1.95. The normalized spacial score (nSPS) is 10.5. The standard InChI is InChI=1S/C13H15N3O2S/c1-8-6-12(16(2)15-8)19-11-5-4-9(14)7-10(11)13(17)18-3/h4-7H,14H2,1-3H3. The zero-order valence-corrected chi connectivity index (χ0v) is 11.8. The van der Waals surface area contributed by atoms with Crippen LogP contribution in [0.1, 0.15) is 16.1 Å².